The molecule has 0 radical (unpaired) electrons. The molecule has 16 heavy (non-hydrogen) atoms. The summed E-state index contributed by atoms with van der Waals surface area (Å²) in [5.74, 6) is 0.274. The van der Waals surface area contributed by atoms with Gasteiger partial charge in [-0.05, 0) is 44.8 Å². The molecule has 1 fully saturated rings. The molecule has 2 aliphatic rings. The maximum atomic E-state index is 11.1. The van der Waals surface area contributed by atoms with Crippen molar-refractivity contribution in [3.05, 3.63) is 11.8 Å². The van der Waals surface area contributed by atoms with E-state index in [2.05, 4.69) is 24.2 Å². The van der Waals surface area contributed by atoms with Crippen LogP contribution >= 0.6 is 0 Å². The van der Waals surface area contributed by atoms with E-state index in [0.717, 1.165) is 18.7 Å². The van der Waals surface area contributed by atoms with E-state index in [1.807, 2.05) is 0 Å². The highest BCUT2D eigenvalue weighted by Gasteiger charge is 2.29. The average molecular weight is 222 g/mol. The summed E-state index contributed by atoms with van der Waals surface area (Å²) in [6.07, 6.45) is 5.88. The Labute approximate surface area is 97.9 Å². The molecule has 0 aromatic carbocycles. The Morgan fingerprint density at radius 1 is 1.38 bits per heavy atom. The van der Waals surface area contributed by atoms with Crippen molar-refractivity contribution in [2.45, 2.75) is 32.6 Å². The molecule has 90 valence electrons. The summed E-state index contributed by atoms with van der Waals surface area (Å²) < 4.78 is 0. The van der Waals surface area contributed by atoms with Gasteiger partial charge >= 0.3 is 0 Å². The lowest BCUT2D eigenvalue weighted by molar-refractivity contribution is -0.114. The van der Waals surface area contributed by atoms with E-state index in [4.69, 9.17) is 0 Å². The SMILES string of the molecule is CN1CCC(C)(CNC2=CC(=O)CC2)CC1. The predicted molar refractivity (Wildman–Crippen MR) is 65.2 cm³/mol. The average Bonchev–Trinajstić information content (AvgIpc) is 2.67. The molecule has 1 saturated heterocycles. The summed E-state index contributed by atoms with van der Waals surface area (Å²) in [4.78, 5) is 13.5. The minimum atomic E-state index is 0.274. The van der Waals surface area contributed by atoms with Crippen LogP contribution in [-0.4, -0.2) is 37.4 Å². The van der Waals surface area contributed by atoms with Crippen molar-refractivity contribution in [3.8, 4) is 0 Å². The number of carbonyl (C=O) groups excluding carboxylic acids is 1. The molecule has 3 heteroatoms. The molecule has 0 atom stereocenters. The van der Waals surface area contributed by atoms with Gasteiger partial charge in [-0.15, -0.1) is 0 Å². The van der Waals surface area contributed by atoms with Crippen LogP contribution < -0.4 is 5.32 Å². The fourth-order valence-corrected chi connectivity index (χ4v) is 2.40. The van der Waals surface area contributed by atoms with Gasteiger partial charge in [-0.1, -0.05) is 6.92 Å². The first-order valence-electron chi connectivity index (χ1n) is 6.23. The first-order valence-corrected chi connectivity index (χ1v) is 6.23. The van der Waals surface area contributed by atoms with E-state index in [9.17, 15) is 4.79 Å². The third-order valence-corrected chi connectivity index (χ3v) is 3.91. The van der Waals surface area contributed by atoms with Gasteiger partial charge in [0.25, 0.3) is 0 Å². The lowest BCUT2D eigenvalue weighted by Gasteiger charge is -2.38. The number of nitrogens with zero attached hydrogens (tertiary/aromatic N) is 1. The first-order chi connectivity index (χ1) is 7.57. The van der Waals surface area contributed by atoms with Crippen LogP contribution in [0.3, 0.4) is 0 Å². The van der Waals surface area contributed by atoms with Crippen LogP contribution in [0.4, 0.5) is 0 Å². The number of piperidine rings is 1. The van der Waals surface area contributed by atoms with Crippen molar-refractivity contribution in [2.75, 3.05) is 26.7 Å². The van der Waals surface area contributed by atoms with E-state index in [1.54, 1.807) is 6.08 Å². The molecular weight excluding hydrogens is 200 g/mol. The summed E-state index contributed by atoms with van der Waals surface area (Å²) in [5.41, 5.74) is 1.55. The van der Waals surface area contributed by atoms with Crippen molar-refractivity contribution in [1.29, 1.82) is 0 Å². The van der Waals surface area contributed by atoms with Gasteiger partial charge in [0.05, 0.1) is 0 Å². The van der Waals surface area contributed by atoms with Crippen LogP contribution in [0.25, 0.3) is 0 Å². The lowest BCUT2D eigenvalue weighted by Crippen LogP contribution is -2.41. The van der Waals surface area contributed by atoms with Crippen LogP contribution in [0.5, 0.6) is 0 Å². The van der Waals surface area contributed by atoms with E-state index in [0.29, 0.717) is 11.8 Å². The normalized spacial score (nSPS) is 25.6. The van der Waals surface area contributed by atoms with Gasteiger partial charge in [0.1, 0.15) is 0 Å². The molecule has 3 nitrogen and oxygen atoms in total. The van der Waals surface area contributed by atoms with Gasteiger partial charge < -0.3 is 10.2 Å². The summed E-state index contributed by atoms with van der Waals surface area (Å²) in [7, 11) is 2.19. The maximum absolute atomic E-state index is 11.1. The Morgan fingerprint density at radius 2 is 2.06 bits per heavy atom. The quantitative estimate of drug-likeness (QED) is 0.786. The molecule has 1 heterocycles. The molecule has 0 saturated carbocycles. The Bertz CT molecular complexity index is 301. The fraction of sp³-hybridized carbons (Fsp3) is 0.769. The van der Waals surface area contributed by atoms with Crippen LogP contribution in [0.1, 0.15) is 32.6 Å². The van der Waals surface area contributed by atoms with Crippen LogP contribution in [0.2, 0.25) is 0 Å². The molecule has 2 rings (SSSR count). The van der Waals surface area contributed by atoms with E-state index in [1.165, 1.54) is 25.9 Å². The van der Waals surface area contributed by atoms with Gasteiger partial charge in [-0.3, -0.25) is 4.79 Å². The Hall–Kier alpha value is -0.830. The molecule has 1 aliphatic carbocycles. The van der Waals surface area contributed by atoms with E-state index >= 15 is 0 Å². The smallest absolute Gasteiger partial charge is 0.157 e. The number of hydrogen-bond acceptors (Lipinski definition) is 3. The molecule has 0 amide bonds. The monoisotopic (exact) mass is 222 g/mol. The highest BCUT2D eigenvalue weighted by atomic mass is 16.1. The van der Waals surface area contributed by atoms with Gasteiger partial charge in [0.2, 0.25) is 0 Å². The standard InChI is InChI=1S/C13H22N2O/c1-13(5-7-15(2)8-6-13)10-14-11-3-4-12(16)9-11/h9,14H,3-8,10H2,1-2H3. The van der Waals surface area contributed by atoms with E-state index < -0.39 is 0 Å². The van der Waals surface area contributed by atoms with Gasteiger partial charge in [-0.25, -0.2) is 0 Å². The maximum Gasteiger partial charge on any atom is 0.157 e. The molecular formula is C13H22N2O. The van der Waals surface area contributed by atoms with Gasteiger partial charge in [0, 0.05) is 24.7 Å². The minimum Gasteiger partial charge on any atom is -0.388 e. The molecule has 0 bridgehead atoms. The number of ketones is 1. The third kappa shape index (κ3) is 2.85. The van der Waals surface area contributed by atoms with Gasteiger partial charge in [0.15, 0.2) is 5.78 Å². The predicted octanol–water partition coefficient (Wildman–Crippen LogP) is 1.55. The number of nitrogens with one attached hydrogen (secondary N) is 1. The summed E-state index contributed by atoms with van der Waals surface area (Å²) in [6, 6.07) is 0. The molecule has 0 aromatic heterocycles. The number of rotatable bonds is 3. The molecule has 1 N–H and O–H groups in total. The zero-order valence-corrected chi connectivity index (χ0v) is 10.4. The van der Waals surface area contributed by atoms with Crippen molar-refractivity contribution in [1.82, 2.24) is 10.2 Å². The van der Waals surface area contributed by atoms with E-state index in [-0.39, 0.29) is 5.78 Å². The fourth-order valence-electron chi connectivity index (χ4n) is 2.40. The number of allylic oxidation sites excluding steroid dienone is 2. The second-order valence-corrected chi connectivity index (χ2v) is 5.60. The Balaban J connectivity index is 1.81. The third-order valence-electron chi connectivity index (χ3n) is 3.91. The highest BCUT2D eigenvalue weighted by Crippen LogP contribution is 2.30. The van der Waals surface area contributed by atoms with Crippen molar-refractivity contribution < 1.29 is 4.79 Å². The minimum absolute atomic E-state index is 0.274. The highest BCUT2D eigenvalue weighted by molar-refractivity contribution is 5.92. The molecule has 1 aliphatic heterocycles. The zero-order valence-electron chi connectivity index (χ0n) is 10.4. The van der Waals surface area contributed by atoms with Crippen molar-refractivity contribution >= 4 is 5.78 Å². The van der Waals surface area contributed by atoms with Crippen molar-refractivity contribution in [3.63, 3.8) is 0 Å². The number of likely N-dealkylation sites (tertiary alicyclic amines) is 1. The second kappa shape index (κ2) is 4.58. The second-order valence-electron chi connectivity index (χ2n) is 5.60. The van der Waals surface area contributed by atoms with Gasteiger partial charge in [-0.2, -0.15) is 0 Å². The molecule has 0 unspecified atom stereocenters. The molecule has 0 spiro atoms. The summed E-state index contributed by atoms with van der Waals surface area (Å²) in [6.45, 7) is 5.75. The number of hydrogen-bond donors (Lipinski definition) is 1. The topological polar surface area (TPSA) is 32.3 Å². The largest absolute Gasteiger partial charge is 0.388 e. The van der Waals surface area contributed by atoms with Crippen LogP contribution in [0, 0.1) is 5.41 Å². The lowest BCUT2D eigenvalue weighted by atomic mass is 9.80. The zero-order chi connectivity index (χ0) is 11.6. The Kier molecular flexibility index (Phi) is 3.33. The number of carbonyl (C=O) groups is 1. The van der Waals surface area contributed by atoms with Crippen molar-refractivity contribution in [2.24, 2.45) is 5.41 Å². The Morgan fingerprint density at radius 3 is 2.62 bits per heavy atom. The molecule has 0 aromatic rings. The summed E-state index contributed by atoms with van der Waals surface area (Å²) >= 11 is 0. The summed E-state index contributed by atoms with van der Waals surface area (Å²) in [5, 5.41) is 3.46. The first kappa shape index (κ1) is 11.6. The van der Waals surface area contributed by atoms with Crippen LogP contribution in [-0.2, 0) is 4.79 Å². The van der Waals surface area contributed by atoms with Crippen LogP contribution in [0.15, 0.2) is 11.8 Å².